The minimum Gasteiger partial charge on any atom is -0.396 e. The molecule has 0 atom stereocenters. The second-order valence-electron chi connectivity index (χ2n) is 3.96. The summed E-state index contributed by atoms with van der Waals surface area (Å²) in [6.07, 6.45) is 0. The molecule has 1 aromatic carbocycles. The highest BCUT2D eigenvalue weighted by atomic mass is 32.1. The summed E-state index contributed by atoms with van der Waals surface area (Å²) >= 11 is 1.47. The van der Waals surface area contributed by atoms with Gasteiger partial charge in [-0.2, -0.15) is 11.3 Å². The molecule has 0 bridgehead atoms. The summed E-state index contributed by atoms with van der Waals surface area (Å²) in [7, 11) is 0. The number of anilines is 1. The highest BCUT2D eigenvalue weighted by Crippen LogP contribution is 2.24. The van der Waals surface area contributed by atoms with Crippen molar-refractivity contribution in [3.8, 4) is 0 Å². The monoisotopic (exact) mass is 295 g/mol. The SMILES string of the molecule is Nc1cc(C(=O)NCc2ccsc2)c([N+](=O)[O-])cc1F. The summed E-state index contributed by atoms with van der Waals surface area (Å²) in [5, 5.41) is 17.1. The van der Waals surface area contributed by atoms with Gasteiger partial charge in [-0.1, -0.05) is 0 Å². The average Bonchev–Trinajstić information content (AvgIpc) is 2.91. The zero-order valence-corrected chi connectivity index (χ0v) is 10.9. The largest absolute Gasteiger partial charge is 0.396 e. The number of nitro benzene ring substituents is 1. The zero-order chi connectivity index (χ0) is 14.7. The summed E-state index contributed by atoms with van der Waals surface area (Å²) < 4.78 is 13.2. The Balaban J connectivity index is 2.24. The van der Waals surface area contributed by atoms with Gasteiger partial charge in [0.2, 0.25) is 0 Å². The van der Waals surface area contributed by atoms with Crippen molar-refractivity contribution in [2.75, 3.05) is 5.73 Å². The van der Waals surface area contributed by atoms with Crippen LogP contribution in [0, 0.1) is 15.9 Å². The van der Waals surface area contributed by atoms with Gasteiger partial charge in [0.1, 0.15) is 5.56 Å². The lowest BCUT2D eigenvalue weighted by molar-refractivity contribution is -0.385. The molecule has 104 valence electrons. The Labute approximate surface area is 117 Å². The van der Waals surface area contributed by atoms with E-state index in [9.17, 15) is 19.3 Å². The van der Waals surface area contributed by atoms with Gasteiger partial charge < -0.3 is 11.1 Å². The van der Waals surface area contributed by atoms with Crippen LogP contribution in [0.3, 0.4) is 0 Å². The number of nitrogen functional groups attached to an aromatic ring is 1. The fraction of sp³-hybridized carbons (Fsp3) is 0.0833. The molecule has 6 nitrogen and oxygen atoms in total. The molecular formula is C12H10FN3O3S. The van der Waals surface area contributed by atoms with E-state index in [1.54, 1.807) is 0 Å². The number of nitro groups is 1. The first-order chi connectivity index (χ1) is 9.49. The standard InChI is InChI=1S/C12H10FN3O3S/c13-9-4-11(16(18)19)8(3-10(9)14)12(17)15-5-7-1-2-20-6-7/h1-4,6H,5,14H2,(H,15,17). The van der Waals surface area contributed by atoms with E-state index in [-0.39, 0.29) is 17.8 Å². The van der Waals surface area contributed by atoms with E-state index in [1.165, 1.54) is 11.3 Å². The van der Waals surface area contributed by atoms with Crippen LogP contribution in [0.1, 0.15) is 15.9 Å². The Kier molecular flexibility index (Phi) is 3.94. The zero-order valence-electron chi connectivity index (χ0n) is 10.1. The second-order valence-corrected chi connectivity index (χ2v) is 4.74. The quantitative estimate of drug-likeness (QED) is 0.513. The molecule has 1 amide bonds. The first kappa shape index (κ1) is 13.9. The van der Waals surface area contributed by atoms with Gasteiger partial charge >= 0.3 is 0 Å². The summed E-state index contributed by atoms with van der Waals surface area (Å²) in [6.45, 7) is 0.233. The molecule has 0 aliphatic carbocycles. The summed E-state index contributed by atoms with van der Waals surface area (Å²) in [5.74, 6) is -1.60. The van der Waals surface area contributed by atoms with E-state index >= 15 is 0 Å². The summed E-state index contributed by atoms with van der Waals surface area (Å²) in [4.78, 5) is 22.0. The molecule has 0 fully saturated rings. The van der Waals surface area contributed by atoms with Gasteiger partial charge in [0.25, 0.3) is 11.6 Å². The van der Waals surface area contributed by atoms with Crippen molar-refractivity contribution in [1.82, 2.24) is 5.32 Å². The van der Waals surface area contributed by atoms with E-state index in [2.05, 4.69) is 5.32 Å². The third-order valence-electron chi connectivity index (χ3n) is 2.59. The van der Waals surface area contributed by atoms with E-state index in [1.807, 2.05) is 16.8 Å². The molecule has 3 N–H and O–H groups in total. The normalized spacial score (nSPS) is 10.2. The number of amides is 1. The van der Waals surface area contributed by atoms with Crippen LogP contribution in [0.25, 0.3) is 0 Å². The molecule has 0 unspecified atom stereocenters. The number of rotatable bonds is 4. The maximum atomic E-state index is 13.2. The van der Waals surface area contributed by atoms with Crippen LogP contribution in [0.5, 0.6) is 0 Å². The number of carbonyl (C=O) groups excluding carboxylic acids is 1. The van der Waals surface area contributed by atoms with Crippen LogP contribution < -0.4 is 11.1 Å². The fourth-order valence-corrected chi connectivity index (χ4v) is 2.25. The lowest BCUT2D eigenvalue weighted by Crippen LogP contribution is -2.23. The third-order valence-corrected chi connectivity index (χ3v) is 3.32. The van der Waals surface area contributed by atoms with Crippen molar-refractivity contribution in [3.05, 3.63) is 56.0 Å². The van der Waals surface area contributed by atoms with Gasteiger partial charge in [-0.15, -0.1) is 0 Å². The van der Waals surface area contributed by atoms with Gasteiger partial charge in [-0.05, 0) is 28.5 Å². The molecule has 0 radical (unpaired) electrons. The van der Waals surface area contributed by atoms with Crippen molar-refractivity contribution in [1.29, 1.82) is 0 Å². The molecule has 20 heavy (non-hydrogen) atoms. The van der Waals surface area contributed by atoms with Crippen LogP contribution in [-0.2, 0) is 6.54 Å². The number of hydrogen-bond acceptors (Lipinski definition) is 5. The van der Waals surface area contributed by atoms with Crippen LogP contribution >= 0.6 is 11.3 Å². The maximum absolute atomic E-state index is 13.2. The molecule has 1 heterocycles. The molecule has 0 aliphatic heterocycles. The molecule has 0 saturated carbocycles. The Hall–Kier alpha value is -2.48. The Morgan fingerprint density at radius 2 is 2.25 bits per heavy atom. The van der Waals surface area contributed by atoms with Crippen LogP contribution in [0.15, 0.2) is 29.0 Å². The van der Waals surface area contributed by atoms with E-state index in [0.717, 1.165) is 11.6 Å². The Bertz CT molecular complexity index is 658. The number of carbonyl (C=O) groups is 1. The third kappa shape index (κ3) is 2.91. The van der Waals surface area contributed by atoms with Gasteiger partial charge in [-0.25, -0.2) is 4.39 Å². The number of hydrogen-bond donors (Lipinski definition) is 2. The molecule has 8 heteroatoms. The van der Waals surface area contributed by atoms with Crippen LogP contribution in [0.4, 0.5) is 15.8 Å². The van der Waals surface area contributed by atoms with Crippen LogP contribution in [0.2, 0.25) is 0 Å². The first-order valence-corrected chi connectivity index (χ1v) is 6.46. The average molecular weight is 295 g/mol. The minimum absolute atomic E-state index is 0.233. The van der Waals surface area contributed by atoms with Crippen molar-refractivity contribution in [2.45, 2.75) is 6.54 Å². The van der Waals surface area contributed by atoms with E-state index < -0.39 is 22.3 Å². The van der Waals surface area contributed by atoms with Gasteiger partial charge in [0.15, 0.2) is 5.82 Å². The van der Waals surface area contributed by atoms with Crippen molar-refractivity contribution >= 4 is 28.6 Å². The highest BCUT2D eigenvalue weighted by Gasteiger charge is 2.22. The number of nitrogens with zero attached hydrogens (tertiary/aromatic N) is 1. The summed E-state index contributed by atoms with van der Waals surface area (Å²) in [6, 6.07) is 3.43. The predicted octanol–water partition coefficient (Wildman–Crippen LogP) is 2.31. The number of thiophene rings is 1. The fourth-order valence-electron chi connectivity index (χ4n) is 1.58. The number of benzene rings is 1. The van der Waals surface area contributed by atoms with Crippen molar-refractivity contribution in [2.24, 2.45) is 0 Å². The lowest BCUT2D eigenvalue weighted by Gasteiger charge is -2.06. The van der Waals surface area contributed by atoms with E-state index in [4.69, 9.17) is 5.73 Å². The molecule has 2 rings (SSSR count). The van der Waals surface area contributed by atoms with Gasteiger partial charge in [0.05, 0.1) is 16.7 Å². The number of nitrogens with one attached hydrogen (secondary N) is 1. The second kappa shape index (κ2) is 5.66. The van der Waals surface area contributed by atoms with Crippen LogP contribution in [-0.4, -0.2) is 10.8 Å². The maximum Gasteiger partial charge on any atom is 0.285 e. The minimum atomic E-state index is -0.925. The molecule has 0 saturated heterocycles. The lowest BCUT2D eigenvalue weighted by atomic mass is 10.1. The smallest absolute Gasteiger partial charge is 0.285 e. The Morgan fingerprint density at radius 3 is 2.85 bits per heavy atom. The molecule has 2 aromatic rings. The highest BCUT2D eigenvalue weighted by molar-refractivity contribution is 7.07. The van der Waals surface area contributed by atoms with Gasteiger partial charge in [0, 0.05) is 6.54 Å². The predicted molar refractivity (Wildman–Crippen MR) is 73.0 cm³/mol. The van der Waals surface area contributed by atoms with Gasteiger partial charge in [-0.3, -0.25) is 14.9 Å². The number of halogens is 1. The topological polar surface area (TPSA) is 98.3 Å². The van der Waals surface area contributed by atoms with Crippen molar-refractivity contribution < 1.29 is 14.1 Å². The molecule has 0 aliphatic rings. The summed E-state index contributed by atoms with van der Waals surface area (Å²) in [5.41, 5.74) is 5.04. The number of nitrogens with two attached hydrogens (primary N) is 1. The molecule has 0 spiro atoms. The molecule has 1 aromatic heterocycles. The van der Waals surface area contributed by atoms with E-state index in [0.29, 0.717) is 6.07 Å². The first-order valence-electron chi connectivity index (χ1n) is 5.51. The van der Waals surface area contributed by atoms with Crippen molar-refractivity contribution in [3.63, 3.8) is 0 Å². The molecular weight excluding hydrogens is 285 g/mol. The Morgan fingerprint density at radius 1 is 1.50 bits per heavy atom.